The Hall–Kier alpha value is -2.83. The van der Waals surface area contributed by atoms with E-state index in [9.17, 15) is 4.79 Å². The van der Waals surface area contributed by atoms with E-state index in [-0.39, 0.29) is 5.56 Å². The van der Waals surface area contributed by atoms with Gasteiger partial charge in [-0.05, 0) is 12.5 Å². The van der Waals surface area contributed by atoms with Gasteiger partial charge in [0.25, 0.3) is 5.56 Å². The SMILES string of the molecule is Cc1ccc(Cc2nc(-c3ccccc3)nn(CCN3CCOCC3)c2=O)cc1. The number of morpholine rings is 1. The van der Waals surface area contributed by atoms with Crippen molar-refractivity contribution in [2.45, 2.75) is 19.9 Å². The Morgan fingerprint density at radius 2 is 1.69 bits per heavy atom. The van der Waals surface area contributed by atoms with Gasteiger partial charge in [0.1, 0.15) is 5.69 Å². The monoisotopic (exact) mass is 390 g/mol. The van der Waals surface area contributed by atoms with Crippen molar-refractivity contribution in [2.24, 2.45) is 0 Å². The van der Waals surface area contributed by atoms with E-state index in [0.717, 1.165) is 44.0 Å². The summed E-state index contributed by atoms with van der Waals surface area (Å²) in [6.07, 6.45) is 0.499. The molecule has 6 nitrogen and oxygen atoms in total. The molecule has 0 unspecified atom stereocenters. The van der Waals surface area contributed by atoms with Crippen LogP contribution in [0.25, 0.3) is 11.4 Å². The van der Waals surface area contributed by atoms with Crippen molar-refractivity contribution in [3.63, 3.8) is 0 Å². The Kier molecular flexibility index (Phi) is 6.12. The summed E-state index contributed by atoms with van der Waals surface area (Å²) in [5.41, 5.74) is 3.61. The average Bonchev–Trinajstić information content (AvgIpc) is 2.77. The van der Waals surface area contributed by atoms with Gasteiger partial charge < -0.3 is 4.74 Å². The van der Waals surface area contributed by atoms with E-state index in [4.69, 9.17) is 4.74 Å². The molecule has 0 amide bonds. The molecule has 0 bridgehead atoms. The van der Waals surface area contributed by atoms with E-state index in [0.29, 0.717) is 24.5 Å². The van der Waals surface area contributed by atoms with Crippen LogP contribution >= 0.6 is 0 Å². The first-order chi connectivity index (χ1) is 14.2. The highest BCUT2D eigenvalue weighted by molar-refractivity contribution is 5.53. The lowest BCUT2D eigenvalue weighted by Crippen LogP contribution is -2.40. The zero-order valence-corrected chi connectivity index (χ0v) is 16.8. The summed E-state index contributed by atoms with van der Waals surface area (Å²) in [5.74, 6) is 0.592. The highest BCUT2D eigenvalue weighted by Crippen LogP contribution is 2.14. The Labute approximate surface area is 170 Å². The fourth-order valence-corrected chi connectivity index (χ4v) is 3.44. The number of ether oxygens (including phenoxy) is 1. The first-order valence-electron chi connectivity index (χ1n) is 10.1. The number of hydrogen-bond acceptors (Lipinski definition) is 5. The highest BCUT2D eigenvalue weighted by Gasteiger charge is 2.15. The van der Waals surface area contributed by atoms with E-state index < -0.39 is 0 Å². The molecule has 2 aromatic carbocycles. The molecule has 1 aliphatic heterocycles. The van der Waals surface area contributed by atoms with Gasteiger partial charge in [0.15, 0.2) is 5.82 Å². The lowest BCUT2D eigenvalue weighted by Gasteiger charge is -2.26. The highest BCUT2D eigenvalue weighted by atomic mass is 16.5. The average molecular weight is 390 g/mol. The molecule has 0 spiro atoms. The smallest absolute Gasteiger partial charge is 0.288 e. The minimum Gasteiger partial charge on any atom is -0.379 e. The van der Waals surface area contributed by atoms with Crippen LogP contribution in [0.4, 0.5) is 0 Å². The second-order valence-electron chi connectivity index (χ2n) is 7.39. The van der Waals surface area contributed by atoms with Crippen LogP contribution in [0.2, 0.25) is 0 Å². The number of hydrogen-bond donors (Lipinski definition) is 0. The van der Waals surface area contributed by atoms with Crippen LogP contribution < -0.4 is 5.56 Å². The molecule has 4 rings (SSSR count). The lowest BCUT2D eigenvalue weighted by atomic mass is 10.1. The second kappa shape index (κ2) is 9.11. The summed E-state index contributed by atoms with van der Waals surface area (Å²) in [7, 11) is 0. The third kappa shape index (κ3) is 4.96. The molecule has 0 saturated carbocycles. The number of nitrogens with zero attached hydrogens (tertiary/aromatic N) is 4. The zero-order chi connectivity index (χ0) is 20.1. The predicted octanol–water partition coefficient (Wildman–Crippen LogP) is 2.54. The minimum absolute atomic E-state index is 0.112. The molecular weight excluding hydrogens is 364 g/mol. The van der Waals surface area contributed by atoms with Gasteiger partial charge in [-0.1, -0.05) is 60.2 Å². The topological polar surface area (TPSA) is 60.3 Å². The number of aryl methyl sites for hydroxylation is 1. The Morgan fingerprint density at radius 3 is 2.41 bits per heavy atom. The van der Waals surface area contributed by atoms with Crippen LogP contribution in [0.15, 0.2) is 59.4 Å². The van der Waals surface area contributed by atoms with Gasteiger partial charge in [0.2, 0.25) is 0 Å². The molecule has 3 aromatic rings. The van der Waals surface area contributed by atoms with Gasteiger partial charge in [0, 0.05) is 31.6 Å². The van der Waals surface area contributed by atoms with E-state index in [2.05, 4.69) is 46.2 Å². The first-order valence-corrected chi connectivity index (χ1v) is 10.1. The van der Waals surface area contributed by atoms with Crippen LogP contribution in [0.5, 0.6) is 0 Å². The van der Waals surface area contributed by atoms with Crippen LogP contribution in [-0.4, -0.2) is 52.5 Å². The van der Waals surface area contributed by atoms with Gasteiger partial charge in [-0.25, -0.2) is 9.67 Å². The molecule has 1 fully saturated rings. The van der Waals surface area contributed by atoms with Crippen molar-refractivity contribution in [3.8, 4) is 11.4 Å². The Morgan fingerprint density at radius 1 is 0.966 bits per heavy atom. The van der Waals surface area contributed by atoms with E-state index in [1.807, 2.05) is 30.3 Å². The number of aromatic nitrogens is 3. The van der Waals surface area contributed by atoms with Gasteiger partial charge in [-0.2, -0.15) is 0 Å². The van der Waals surface area contributed by atoms with Crippen molar-refractivity contribution < 1.29 is 4.74 Å². The maximum Gasteiger partial charge on any atom is 0.288 e. The maximum absolute atomic E-state index is 13.1. The molecule has 29 heavy (non-hydrogen) atoms. The van der Waals surface area contributed by atoms with Crippen molar-refractivity contribution >= 4 is 0 Å². The van der Waals surface area contributed by atoms with Gasteiger partial charge in [-0.3, -0.25) is 9.69 Å². The molecule has 6 heteroatoms. The molecule has 0 aliphatic carbocycles. The van der Waals surface area contributed by atoms with Crippen LogP contribution in [0, 0.1) is 6.92 Å². The molecule has 150 valence electrons. The molecular formula is C23H26N4O2. The summed E-state index contributed by atoms with van der Waals surface area (Å²) in [6.45, 7) is 6.64. The Bertz CT molecular complexity index is 994. The standard InChI is InChI=1S/C23H26N4O2/c1-18-7-9-19(10-8-18)17-21-23(28)27(12-11-26-13-15-29-16-14-26)25-22(24-21)20-5-3-2-4-6-20/h2-10H,11-17H2,1H3. The molecule has 1 aromatic heterocycles. The van der Waals surface area contributed by atoms with Gasteiger partial charge >= 0.3 is 0 Å². The molecule has 2 heterocycles. The summed E-state index contributed by atoms with van der Waals surface area (Å²) < 4.78 is 6.99. The molecule has 1 saturated heterocycles. The van der Waals surface area contributed by atoms with Crippen LogP contribution in [0.1, 0.15) is 16.8 Å². The summed E-state index contributed by atoms with van der Waals surface area (Å²) >= 11 is 0. The molecule has 0 atom stereocenters. The summed E-state index contributed by atoms with van der Waals surface area (Å²) in [6, 6.07) is 18.1. The minimum atomic E-state index is -0.112. The van der Waals surface area contributed by atoms with E-state index >= 15 is 0 Å². The quantitative estimate of drug-likeness (QED) is 0.647. The lowest BCUT2D eigenvalue weighted by molar-refractivity contribution is 0.0357. The normalized spacial score (nSPS) is 14.8. The van der Waals surface area contributed by atoms with Crippen molar-refractivity contribution in [1.29, 1.82) is 0 Å². The van der Waals surface area contributed by atoms with Crippen LogP contribution in [0.3, 0.4) is 0 Å². The van der Waals surface area contributed by atoms with Gasteiger partial charge in [-0.15, -0.1) is 5.10 Å². The van der Waals surface area contributed by atoms with Crippen LogP contribution in [-0.2, 0) is 17.7 Å². The fraction of sp³-hybridized carbons (Fsp3) is 0.348. The number of benzene rings is 2. The largest absolute Gasteiger partial charge is 0.379 e. The molecule has 0 radical (unpaired) electrons. The fourth-order valence-electron chi connectivity index (χ4n) is 3.44. The summed E-state index contributed by atoms with van der Waals surface area (Å²) in [4.78, 5) is 20.0. The van der Waals surface area contributed by atoms with Crippen molar-refractivity contribution in [1.82, 2.24) is 19.7 Å². The van der Waals surface area contributed by atoms with Crippen molar-refractivity contribution in [3.05, 3.63) is 81.8 Å². The third-order valence-corrected chi connectivity index (χ3v) is 5.19. The van der Waals surface area contributed by atoms with E-state index in [1.54, 1.807) is 4.68 Å². The van der Waals surface area contributed by atoms with E-state index in [1.165, 1.54) is 5.56 Å². The zero-order valence-electron chi connectivity index (χ0n) is 16.8. The maximum atomic E-state index is 13.1. The number of rotatable bonds is 6. The third-order valence-electron chi connectivity index (χ3n) is 5.19. The van der Waals surface area contributed by atoms with Crippen molar-refractivity contribution in [2.75, 3.05) is 32.8 Å². The van der Waals surface area contributed by atoms with Gasteiger partial charge in [0.05, 0.1) is 19.8 Å². The first kappa shape index (κ1) is 19.5. The summed E-state index contributed by atoms with van der Waals surface area (Å²) in [5, 5.41) is 4.58. The second-order valence-corrected chi connectivity index (χ2v) is 7.39. The predicted molar refractivity (Wildman–Crippen MR) is 113 cm³/mol. The Balaban J connectivity index is 1.65. The molecule has 0 N–H and O–H groups in total. The molecule has 1 aliphatic rings.